The van der Waals surface area contributed by atoms with Gasteiger partial charge in [-0.1, -0.05) is 24.6 Å². The van der Waals surface area contributed by atoms with E-state index in [1.165, 1.54) is 6.42 Å². The van der Waals surface area contributed by atoms with Crippen LogP contribution in [0.2, 0.25) is 5.02 Å². The molecule has 2 fully saturated rings. The summed E-state index contributed by atoms with van der Waals surface area (Å²) in [5, 5.41) is 8.77. The highest BCUT2D eigenvalue weighted by Gasteiger charge is 2.32. The van der Waals surface area contributed by atoms with Gasteiger partial charge in [0.15, 0.2) is 0 Å². The van der Waals surface area contributed by atoms with Gasteiger partial charge in [0.1, 0.15) is 0 Å². The summed E-state index contributed by atoms with van der Waals surface area (Å²) in [6.07, 6.45) is 5.88. The van der Waals surface area contributed by atoms with Crippen molar-refractivity contribution < 1.29 is 4.79 Å². The van der Waals surface area contributed by atoms with Crippen molar-refractivity contribution in [2.75, 3.05) is 13.1 Å². The summed E-state index contributed by atoms with van der Waals surface area (Å²) >= 11 is 6.11. The number of aromatic nitrogens is 2. The van der Waals surface area contributed by atoms with Gasteiger partial charge in [-0.2, -0.15) is 5.10 Å². The van der Waals surface area contributed by atoms with Gasteiger partial charge in [-0.25, -0.2) is 4.68 Å². The Morgan fingerprint density at radius 1 is 1.31 bits per heavy atom. The lowest BCUT2D eigenvalue weighted by atomic mass is 10.1. The Hall–Kier alpha value is -1.56. The number of nitrogens with zero attached hydrogens (tertiary/aromatic N) is 3. The van der Waals surface area contributed by atoms with Crippen molar-refractivity contribution in [3.8, 4) is 5.69 Å². The fraction of sp³-hybridized carbons (Fsp3) is 0.474. The molecule has 2 saturated heterocycles. The van der Waals surface area contributed by atoms with Crippen molar-refractivity contribution >= 4 is 29.9 Å². The fourth-order valence-corrected chi connectivity index (χ4v) is 4.21. The molecule has 5 nitrogen and oxygen atoms in total. The molecule has 2 unspecified atom stereocenters. The zero-order valence-electron chi connectivity index (χ0n) is 14.8. The number of carbonyl (C=O) groups excluding carboxylic acids is 1. The second-order valence-electron chi connectivity index (χ2n) is 6.93. The van der Waals surface area contributed by atoms with Crippen LogP contribution in [0.1, 0.15) is 42.2 Å². The molecule has 1 amide bonds. The summed E-state index contributed by atoms with van der Waals surface area (Å²) in [5.74, 6) is 0.0967. The van der Waals surface area contributed by atoms with Crippen LogP contribution in [-0.4, -0.2) is 45.8 Å². The molecule has 2 bridgehead atoms. The van der Waals surface area contributed by atoms with Gasteiger partial charge in [0.25, 0.3) is 5.91 Å². The number of nitrogens with one attached hydrogen (secondary N) is 1. The van der Waals surface area contributed by atoms with Gasteiger partial charge in [0.2, 0.25) is 0 Å². The molecule has 0 saturated carbocycles. The number of amides is 1. The molecule has 3 heterocycles. The first-order valence-corrected chi connectivity index (χ1v) is 9.41. The zero-order valence-corrected chi connectivity index (χ0v) is 16.4. The molecule has 2 aliphatic rings. The largest absolute Gasteiger partial charge is 0.337 e. The van der Waals surface area contributed by atoms with Gasteiger partial charge in [-0.3, -0.25) is 4.79 Å². The van der Waals surface area contributed by atoms with E-state index in [0.29, 0.717) is 22.7 Å². The minimum absolute atomic E-state index is 0. The third-order valence-electron chi connectivity index (χ3n) is 5.30. The predicted octanol–water partition coefficient (Wildman–Crippen LogP) is 3.48. The highest BCUT2D eigenvalue weighted by Crippen LogP contribution is 2.24. The van der Waals surface area contributed by atoms with E-state index in [1.807, 2.05) is 33.8 Å². The number of rotatable bonds is 3. The molecule has 2 aromatic rings. The second-order valence-corrected chi connectivity index (χ2v) is 7.36. The van der Waals surface area contributed by atoms with Crippen LogP contribution < -0.4 is 5.32 Å². The highest BCUT2D eigenvalue weighted by atomic mass is 35.5. The molecule has 1 aromatic heterocycles. The summed E-state index contributed by atoms with van der Waals surface area (Å²) in [5.41, 5.74) is 2.54. The molecule has 7 heteroatoms. The van der Waals surface area contributed by atoms with Crippen LogP contribution in [0.25, 0.3) is 5.69 Å². The summed E-state index contributed by atoms with van der Waals surface area (Å²) < 4.78 is 1.83. The summed E-state index contributed by atoms with van der Waals surface area (Å²) in [6.45, 7) is 3.67. The Labute approximate surface area is 165 Å². The number of likely N-dealkylation sites (tertiary alicyclic amines) is 1. The lowest BCUT2D eigenvalue weighted by Crippen LogP contribution is -2.39. The van der Waals surface area contributed by atoms with Crippen LogP contribution >= 0.6 is 24.0 Å². The van der Waals surface area contributed by atoms with Gasteiger partial charge in [-0.05, 0) is 43.9 Å². The first kappa shape index (κ1) is 19.2. The van der Waals surface area contributed by atoms with E-state index in [-0.39, 0.29) is 18.3 Å². The lowest BCUT2D eigenvalue weighted by molar-refractivity contribution is 0.0747. The number of hydrogen-bond donors (Lipinski definition) is 1. The molecule has 2 aliphatic heterocycles. The Morgan fingerprint density at radius 2 is 2.12 bits per heavy atom. The van der Waals surface area contributed by atoms with Crippen LogP contribution in [0.4, 0.5) is 0 Å². The smallest absolute Gasteiger partial charge is 0.257 e. The quantitative estimate of drug-likeness (QED) is 0.866. The summed E-state index contributed by atoms with van der Waals surface area (Å²) in [6, 6.07) is 8.58. The molecular formula is C19H24Cl2N4O. The van der Waals surface area contributed by atoms with E-state index in [2.05, 4.69) is 17.3 Å². The van der Waals surface area contributed by atoms with E-state index in [9.17, 15) is 4.79 Å². The number of benzene rings is 1. The number of fused-ring (bicyclic) bond motifs is 2. The first-order chi connectivity index (χ1) is 12.2. The van der Waals surface area contributed by atoms with Crippen LogP contribution in [0.5, 0.6) is 0 Å². The van der Waals surface area contributed by atoms with Crippen molar-refractivity contribution in [2.45, 2.75) is 44.7 Å². The summed E-state index contributed by atoms with van der Waals surface area (Å²) in [7, 11) is 0. The molecule has 0 spiro atoms. The van der Waals surface area contributed by atoms with Crippen molar-refractivity contribution in [3.05, 3.63) is 46.7 Å². The normalized spacial score (nSPS) is 22.0. The number of hydrogen-bond acceptors (Lipinski definition) is 3. The van der Waals surface area contributed by atoms with Crippen LogP contribution in [0.15, 0.2) is 30.5 Å². The van der Waals surface area contributed by atoms with Crippen LogP contribution in [-0.2, 0) is 6.42 Å². The van der Waals surface area contributed by atoms with E-state index in [0.717, 1.165) is 43.7 Å². The molecule has 1 N–H and O–H groups in total. The van der Waals surface area contributed by atoms with Crippen molar-refractivity contribution in [2.24, 2.45) is 0 Å². The third-order valence-corrected chi connectivity index (χ3v) is 5.53. The van der Waals surface area contributed by atoms with E-state index in [1.54, 1.807) is 6.20 Å². The average Bonchev–Trinajstić information content (AvgIpc) is 3.17. The van der Waals surface area contributed by atoms with Gasteiger partial charge < -0.3 is 10.2 Å². The molecule has 4 rings (SSSR count). The SMILES string of the molecule is CCc1c(C(=O)N2CCC3CCC(C2)N3)cnn1-c1cccc(Cl)c1.Cl. The third kappa shape index (κ3) is 3.61. The topological polar surface area (TPSA) is 50.2 Å². The average molecular weight is 395 g/mol. The maximum absolute atomic E-state index is 13.1. The minimum atomic E-state index is 0. The summed E-state index contributed by atoms with van der Waals surface area (Å²) in [4.78, 5) is 15.1. The Kier molecular flexibility index (Phi) is 5.90. The van der Waals surface area contributed by atoms with E-state index < -0.39 is 0 Å². The maximum Gasteiger partial charge on any atom is 0.257 e. The van der Waals surface area contributed by atoms with Gasteiger partial charge >= 0.3 is 0 Å². The zero-order chi connectivity index (χ0) is 17.4. The first-order valence-electron chi connectivity index (χ1n) is 9.04. The maximum atomic E-state index is 13.1. The standard InChI is InChI=1S/C19H23ClN4O.ClH/c1-2-18-17(11-21-24(18)16-5-3-4-13(20)10-16)19(25)23-9-8-14-6-7-15(12-23)22-14;/h3-5,10-11,14-15,22H,2,6-9,12H2,1H3;1H. The van der Waals surface area contributed by atoms with Gasteiger partial charge in [-0.15, -0.1) is 12.4 Å². The van der Waals surface area contributed by atoms with E-state index >= 15 is 0 Å². The van der Waals surface area contributed by atoms with Crippen LogP contribution in [0.3, 0.4) is 0 Å². The molecule has 1 aromatic carbocycles. The highest BCUT2D eigenvalue weighted by molar-refractivity contribution is 6.30. The molecule has 0 aliphatic carbocycles. The molecule has 140 valence electrons. The van der Waals surface area contributed by atoms with Gasteiger partial charge in [0, 0.05) is 30.2 Å². The Bertz CT molecular complexity index is 792. The molecular weight excluding hydrogens is 371 g/mol. The van der Waals surface area contributed by atoms with Crippen molar-refractivity contribution in [1.82, 2.24) is 20.0 Å². The number of halogens is 2. The second kappa shape index (κ2) is 7.99. The fourth-order valence-electron chi connectivity index (χ4n) is 4.02. The lowest BCUT2D eigenvalue weighted by Gasteiger charge is -2.24. The van der Waals surface area contributed by atoms with Crippen LogP contribution in [0, 0.1) is 0 Å². The monoisotopic (exact) mass is 394 g/mol. The predicted molar refractivity (Wildman–Crippen MR) is 106 cm³/mol. The van der Waals surface area contributed by atoms with Crippen molar-refractivity contribution in [3.63, 3.8) is 0 Å². The van der Waals surface area contributed by atoms with Gasteiger partial charge in [0.05, 0.1) is 23.1 Å². The number of carbonyl (C=O) groups is 1. The molecule has 26 heavy (non-hydrogen) atoms. The Morgan fingerprint density at radius 3 is 2.88 bits per heavy atom. The molecule has 0 radical (unpaired) electrons. The minimum Gasteiger partial charge on any atom is -0.337 e. The van der Waals surface area contributed by atoms with E-state index in [4.69, 9.17) is 11.6 Å². The van der Waals surface area contributed by atoms with Crippen molar-refractivity contribution in [1.29, 1.82) is 0 Å². The molecule has 2 atom stereocenters. The Balaban J connectivity index is 0.00000196.